The summed E-state index contributed by atoms with van der Waals surface area (Å²) in [6.07, 6.45) is 2.34. The lowest BCUT2D eigenvalue weighted by Crippen LogP contribution is -2.41. The molecule has 1 aliphatic rings. The number of aliphatic hydroxyl groups is 1. The van der Waals surface area contributed by atoms with Gasteiger partial charge in [-0.05, 0) is 30.5 Å². The molecule has 21 heavy (non-hydrogen) atoms. The average Bonchev–Trinajstić information content (AvgIpc) is 2.91. The molecule has 1 fully saturated rings. The van der Waals surface area contributed by atoms with Gasteiger partial charge in [0, 0.05) is 30.2 Å². The van der Waals surface area contributed by atoms with Gasteiger partial charge in [-0.25, -0.2) is 4.98 Å². The highest BCUT2D eigenvalue weighted by Crippen LogP contribution is 2.23. The van der Waals surface area contributed by atoms with Crippen molar-refractivity contribution in [1.82, 2.24) is 9.88 Å². The molecule has 3 rings (SSSR count). The van der Waals surface area contributed by atoms with Crippen LogP contribution >= 0.6 is 11.6 Å². The zero-order valence-electron chi connectivity index (χ0n) is 12.0. The van der Waals surface area contributed by atoms with E-state index in [0.717, 1.165) is 37.3 Å². The number of hydrogen-bond acceptors (Lipinski definition) is 4. The molecule has 0 aliphatic carbocycles. The Bertz CT molecular complexity index is 614. The van der Waals surface area contributed by atoms with Crippen LogP contribution in [-0.2, 0) is 6.54 Å². The maximum Gasteiger partial charge on any atom is 0.226 e. The first-order valence-electron chi connectivity index (χ1n) is 7.22. The zero-order chi connectivity index (χ0) is 14.8. The minimum atomic E-state index is -0.180. The van der Waals surface area contributed by atoms with E-state index in [4.69, 9.17) is 16.0 Å². The molecule has 5 heteroatoms. The van der Waals surface area contributed by atoms with Crippen LogP contribution in [0.3, 0.4) is 0 Å². The minimum Gasteiger partial charge on any atom is -0.444 e. The Labute approximate surface area is 129 Å². The van der Waals surface area contributed by atoms with E-state index in [1.54, 1.807) is 6.26 Å². The van der Waals surface area contributed by atoms with Crippen molar-refractivity contribution in [2.24, 2.45) is 5.92 Å². The number of aromatic nitrogens is 1. The quantitative estimate of drug-likeness (QED) is 0.946. The Kier molecular flexibility index (Phi) is 4.29. The van der Waals surface area contributed by atoms with Crippen molar-refractivity contribution < 1.29 is 9.52 Å². The molecular formula is C16H19ClN2O2. The third-order valence-corrected chi connectivity index (χ3v) is 4.19. The number of halogens is 1. The molecule has 1 aromatic heterocycles. The maximum absolute atomic E-state index is 9.77. The first kappa shape index (κ1) is 14.6. The van der Waals surface area contributed by atoms with Crippen molar-refractivity contribution in [3.63, 3.8) is 0 Å². The SMILES string of the molecule is CC1CN(Cc2coc(-c3cccc(Cl)c3)n2)CCC1O. The predicted octanol–water partition coefficient (Wildman–Crippen LogP) is 3.20. The Morgan fingerprint density at radius 3 is 3.10 bits per heavy atom. The van der Waals surface area contributed by atoms with Crippen molar-refractivity contribution in [1.29, 1.82) is 0 Å². The van der Waals surface area contributed by atoms with Gasteiger partial charge in [0.1, 0.15) is 6.26 Å². The first-order valence-corrected chi connectivity index (χ1v) is 7.60. The van der Waals surface area contributed by atoms with Crippen LogP contribution in [0.15, 0.2) is 34.9 Å². The summed E-state index contributed by atoms with van der Waals surface area (Å²) in [5, 5.41) is 10.4. The second-order valence-corrected chi connectivity index (χ2v) is 6.16. The summed E-state index contributed by atoms with van der Waals surface area (Å²) in [5.41, 5.74) is 1.80. The Hall–Kier alpha value is -1.36. The summed E-state index contributed by atoms with van der Waals surface area (Å²) in [4.78, 5) is 6.83. The van der Waals surface area contributed by atoms with Gasteiger partial charge in [0.15, 0.2) is 0 Å². The van der Waals surface area contributed by atoms with Crippen LogP contribution in [0, 0.1) is 5.92 Å². The van der Waals surface area contributed by atoms with Gasteiger partial charge >= 0.3 is 0 Å². The standard InChI is InChI=1S/C16H19ClN2O2/c1-11-8-19(6-5-15(11)20)9-14-10-21-16(18-14)12-3-2-4-13(17)7-12/h2-4,7,10-11,15,20H,5-6,8-9H2,1H3. The molecule has 1 aliphatic heterocycles. The monoisotopic (exact) mass is 306 g/mol. The number of nitrogens with zero attached hydrogens (tertiary/aromatic N) is 2. The summed E-state index contributed by atoms with van der Waals surface area (Å²) in [6, 6.07) is 7.49. The number of aliphatic hydroxyl groups excluding tert-OH is 1. The maximum atomic E-state index is 9.77. The molecule has 1 N–H and O–H groups in total. The summed E-state index contributed by atoms with van der Waals surface area (Å²) >= 11 is 5.99. The van der Waals surface area contributed by atoms with Gasteiger partial charge in [-0.1, -0.05) is 24.6 Å². The lowest BCUT2D eigenvalue weighted by molar-refractivity contribution is 0.0315. The lowest BCUT2D eigenvalue weighted by Gasteiger charge is -2.33. The van der Waals surface area contributed by atoms with Crippen molar-refractivity contribution in [3.05, 3.63) is 41.2 Å². The first-order chi connectivity index (χ1) is 10.1. The van der Waals surface area contributed by atoms with Gasteiger partial charge in [0.05, 0.1) is 11.8 Å². The van der Waals surface area contributed by atoms with Crippen LogP contribution in [0.2, 0.25) is 5.02 Å². The van der Waals surface area contributed by atoms with Crippen molar-refractivity contribution in [2.45, 2.75) is 26.0 Å². The van der Waals surface area contributed by atoms with Gasteiger partial charge in [-0.2, -0.15) is 0 Å². The zero-order valence-corrected chi connectivity index (χ0v) is 12.8. The van der Waals surface area contributed by atoms with Crippen molar-refractivity contribution in [3.8, 4) is 11.5 Å². The summed E-state index contributed by atoms with van der Waals surface area (Å²) in [5.74, 6) is 0.899. The van der Waals surface area contributed by atoms with Crippen molar-refractivity contribution in [2.75, 3.05) is 13.1 Å². The fourth-order valence-electron chi connectivity index (χ4n) is 2.73. The Balaban J connectivity index is 1.68. The fourth-order valence-corrected chi connectivity index (χ4v) is 2.92. The average molecular weight is 307 g/mol. The summed E-state index contributed by atoms with van der Waals surface area (Å²) in [6.45, 7) is 4.61. The van der Waals surface area contributed by atoms with Gasteiger partial charge in [0.2, 0.25) is 5.89 Å². The van der Waals surface area contributed by atoms with E-state index < -0.39 is 0 Å². The van der Waals surface area contributed by atoms with E-state index in [9.17, 15) is 5.11 Å². The highest BCUT2D eigenvalue weighted by molar-refractivity contribution is 6.30. The number of likely N-dealkylation sites (tertiary alicyclic amines) is 1. The minimum absolute atomic E-state index is 0.180. The van der Waals surface area contributed by atoms with E-state index in [1.165, 1.54) is 0 Å². The number of oxazole rings is 1. The highest BCUT2D eigenvalue weighted by Gasteiger charge is 2.24. The van der Waals surface area contributed by atoms with Crippen LogP contribution in [0.5, 0.6) is 0 Å². The molecule has 0 amide bonds. The molecule has 0 bridgehead atoms. The Morgan fingerprint density at radius 1 is 1.48 bits per heavy atom. The third kappa shape index (κ3) is 3.46. The molecule has 2 aromatic rings. The lowest BCUT2D eigenvalue weighted by atomic mass is 9.97. The van der Waals surface area contributed by atoms with Crippen LogP contribution in [-0.4, -0.2) is 34.2 Å². The van der Waals surface area contributed by atoms with E-state index >= 15 is 0 Å². The molecule has 0 spiro atoms. The molecule has 2 atom stereocenters. The molecule has 4 nitrogen and oxygen atoms in total. The van der Waals surface area contributed by atoms with E-state index in [0.29, 0.717) is 16.8 Å². The molecule has 2 unspecified atom stereocenters. The molecule has 0 radical (unpaired) electrons. The number of rotatable bonds is 3. The van der Waals surface area contributed by atoms with Gasteiger partial charge in [-0.15, -0.1) is 0 Å². The normalized spacial score (nSPS) is 23.4. The topological polar surface area (TPSA) is 49.5 Å². The van der Waals surface area contributed by atoms with Crippen LogP contribution in [0.1, 0.15) is 19.0 Å². The van der Waals surface area contributed by atoms with Gasteiger partial charge < -0.3 is 9.52 Å². The summed E-state index contributed by atoms with van der Waals surface area (Å²) < 4.78 is 5.55. The van der Waals surface area contributed by atoms with Gasteiger partial charge in [-0.3, -0.25) is 4.90 Å². The summed E-state index contributed by atoms with van der Waals surface area (Å²) in [7, 11) is 0. The van der Waals surface area contributed by atoms with Crippen molar-refractivity contribution >= 4 is 11.6 Å². The van der Waals surface area contributed by atoms with Gasteiger partial charge in [0.25, 0.3) is 0 Å². The molecule has 2 heterocycles. The number of piperidine rings is 1. The molecule has 112 valence electrons. The van der Waals surface area contributed by atoms with Crippen LogP contribution in [0.4, 0.5) is 0 Å². The molecule has 1 saturated heterocycles. The molecular weight excluding hydrogens is 288 g/mol. The van der Waals surface area contributed by atoms with E-state index in [2.05, 4.69) is 16.8 Å². The van der Waals surface area contributed by atoms with E-state index in [-0.39, 0.29) is 6.10 Å². The second kappa shape index (κ2) is 6.18. The molecule has 1 aromatic carbocycles. The number of benzene rings is 1. The third-order valence-electron chi connectivity index (χ3n) is 3.95. The smallest absolute Gasteiger partial charge is 0.226 e. The Morgan fingerprint density at radius 2 is 2.33 bits per heavy atom. The largest absolute Gasteiger partial charge is 0.444 e. The second-order valence-electron chi connectivity index (χ2n) is 5.72. The van der Waals surface area contributed by atoms with Crippen LogP contribution in [0.25, 0.3) is 11.5 Å². The number of hydrogen-bond donors (Lipinski definition) is 1. The predicted molar refractivity (Wildman–Crippen MR) is 82.0 cm³/mol. The van der Waals surface area contributed by atoms with E-state index in [1.807, 2.05) is 24.3 Å². The molecule has 0 saturated carbocycles. The van der Waals surface area contributed by atoms with Crippen LogP contribution < -0.4 is 0 Å². The fraction of sp³-hybridized carbons (Fsp3) is 0.438. The highest BCUT2D eigenvalue weighted by atomic mass is 35.5.